The van der Waals surface area contributed by atoms with E-state index in [4.69, 9.17) is 9.47 Å². The summed E-state index contributed by atoms with van der Waals surface area (Å²) in [6.07, 6.45) is 3.44. The molecule has 4 aromatic rings. The number of nitrogens with zero attached hydrogens (tertiary/aromatic N) is 3. The van der Waals surface area contributed by atoms with Gasteiger partial charge in [0.15, 0.2) is 0 Å². The second kappa shape index (κ2) is 8.10. The summed E-state index contributed by atoms with van der Waals surface area (Å²) in [5, 5.41) is 5.33. The predicted octanol–water partition coefficient (Wildman–Crippen LogP) is 4.25. The molecule has 0 N–H and O–H groups in total. The number of aromatic nitrogens is 3. The molecule has 2 aromatic carbocycles. The molecule has 0 bridgehead atoms. The number of benzene rings is 2. The van der Waals surface area contributed by atoms with E-state index in [0.29, 0.717) is 17.0 Å². The number of fused-ring (bicyclic) bond motifs is 1. The Morgan fingerprint density at radius 1 is 1.03 bits per heavy atom. The first-order valence-corrected chi connectivity index (χ1v) is 9.29. The van der Waals surface area contributed by atoms with E-state index in [1.165, 1.54) is 7.11 Å². The van der Waals surface area contributed by atoms with Crippen molar-refractivity contribution in [1.82, 2.24) is 14.8 Å². The van der Waals surface area contributed by atoms with E-state index >= 15 is 0 Å². The first-order chi connectivity index (χ1) is 14.7. The molecule has 0 radical (unpaired) electrons. The minimum atomic E-state index is -0.418. The van der Waals surface area contributed by atoms with Crippen LogP contribution in [0.25, 0.3) is 27.7 Å². The van der Waals surface area contributed by atoms with Gasteiger partial charge < -0.3 is 9.47 Å². The Kier molecular flexibility index (Phi) is 5.19. The summed E-state index contributed by atoms with van der Waals surface area (Å²) < 4.78 is 11.9. The monoisotopic (exact) mass is 397 g/mol. The van der Waals surface area contributed by atoms with Crippen LogP contribution in [0.4, 0.5) is 0 Å². The van der Waals surface area contributed by atoms with Gasteiger partial charge in [-0.2, -0.15) is 5.10 Å². The number of carbonyl (C=O) groups excluding carboxylic acids is 1. The van der Waals surface area contributed by atoms with E-state index in [0.717, 1.165) is 27.8 Å². The van der Waals surface area contributed by atoms with Crippen molar-refractivity contribution in [3.8, 4) is 34.5 Å². The molecule has 4 rings (SSSR count). The minimum Gasteiger partial charge on any atom is -0.481 e. The number of pyridine rings is 1. The summed E-state index contributed by atoms with van der Waals surface area (Å²) in [5.74, 6) is 6.11. The van der Waals surface area contributed by atoms with Crippen LogP contribution < -0.4 is 4.74 Å². The van der Waals surface area contributed by atoms with Crippen LogP contribution in [0.3, 0.4) is 0 Å². The molecule has 2 aromatic heterocycles. The molecular weight excluding hydrogens is 378 g/mol. The van der Waals surface area contributed by atoms with Gasteiger partial charge in [0.05, 0.1) is 37.2 Å². The lowest BCUT2D eigenvalue weighted by atomic mass is 10.0. The first kappa shape index (κ1) is 19.2. The van der Waals surface area contributed by atoms with Gasteiger partial charge >= 0.3 is 5.97 Å². The van der Waals surface area contributed by atoms with Crippen molar-refractivity contribution < 1.29 is 14.3 Å². The molecule has 0 aliphatic carbocycles. The summed E-state index contributed by atoms with van der Waals surface area (Å²) >= 11 is 0. The average molecular weight is 397 g/mol. The quantitative estimate of drug-likeness (QED) is 0.380. The van der Waals surface area contributed by atoms with Crippen LogP contribution in [0.1, 0.15) is 22.8 Å². The maximum Gasteiger partial charge on any atom is 0.340 e. The number of hydrogen-bond donors (Lipinski definition) is 0. The molecule has 0 aliphatic rings. The van der Waals surface area contributed by atoms with Crippen LogP contribution in [0.15, 0.2) is 60.9 Å². The van der Waals surface area contributed by atoms with Gasteiger partial charge in [-0.25, -0.2) is 14.5 Å². The molecule has 0 unspecified atom stereocenters. The predicted molar refractivity (Wildman–Crippen MR) is 115 cm³/mol. The van der Waals surface area contributed by atoms with Crippen LogP contribution >= 0.6 is 0 Å². The molecule has 2 heterocycles. The summed E-state index contributed by atoms with van der Waals surface area (Å²) in [6, 6.07) is 15.2. The molecule has 0 atom stereocenters. The van der Waals surface area contributed by atoms with Crippen molar-refractivity contribution in [2.75, 3.05) is 14.2 Å². The van der Waals surface area contributed by atoms with Crippen molar-refractivity contribution in [2.24, 2.45) is 0 Å². The highest BCUT2D eigenvalue weighted by molar-refractivity contribution is 6.05. The Hall–Kier alpha value is -4.11. The average Bonchev–Trinajstić information content (AvgIpc) is 3.25. The number of rotatable bonds is 4. The van der Waals surface area contributed by atoms with Crippen LogP contribution in [0.5, 0.6) is 5.88 Å². The van der Waals surface area contributed by atoms with Gasteiger partial charge in [-0.05, 0) is 48.4 Å². The highest BCUT2D eigenvalue weighted by Gasteiger charge is 2.18. The van der Waals surface area contributed by atoms with E-state index in [2.05, 4.69) is 21.9 Å². The number of methoxy groups -OCH3 is 2. The van der Waals surface area contributed by atoms with Crippen LogP contribution in [-0.4, -0.2) is 35.0 Å². The minimum absolute atomic E-state index is 0.418. The number of carbonyl (C=O) groups is 1. The first-order valence-electron chi connectivity index (χ1n) is 9.29. The molecular formula is C24H19N3O3. The van der Waals surface area contributed by atoms with Crippen molar-refractivity contribution in [3.05, 3.63) is 72.1 Å². The van der Waals surface area contributed by atoms with E-state index < -0.39 is 5.97 Å². The molecule has 30 heavy (non-hydrogen) atoms. The highest BCUT2D eigenvalue weighted by atomic mass is 16.5. The lowest BCUT2D eigenvalue weighted by Gasteiger charge is -2.09. The molecule has 0 spiro atoms. The topological polar surface area (TPSA) is 66.2 Å². The summed E-state index contributed by atoms with van der Waals surface area (Å²) in [6.45, 7) is 1.78. The third kappa shape index (κ3) is 3.38. The fourth-order valence-electron chi connectivity index (χ4n) is 3.35. The van der Waals surface area contributed by atoms with Crippen molar-refractivity contribution in [2.45, 2.75) is 6.92 Å². The van der Waals surface area contributed by atoms with E-state index in [-0.39, 0.29) is 0 Å². The summed E-state index contributed by atoms with van der Waals surface area (Å²) in [5.41, 5.74) is 4.75. The normalized spacial score (nSPS) is 10.4. The smallest absolute Gasteiger partial charge is 0.340 e. The molecule has 0 aliphatic heterocycles. The van der Waals surface area contributed by atoms with E-state index in [1.807, 2.05) is 42.5 Å². The van der Waals surface area contributed by atoms with Crippen LogP contribution in [0, 0.1) is 11.8 Å². The Labute approximate surface area is 174 Å². The Bertz CT molecular complexity index is 1300. The van der Waals surface area contributed by atoms with Crippen molar-refractivity contribution in [3.63, 3.8) is 0 Å². The Balaban J connectivity index is 1.83. The molecule has 6 heteroatoms. The zero-order chi connectivity index (χ0) is 21.1. The third-order valence-corrected chi connectivity index (χ3v) is 4.79. The van der Waals surface area contributed by atoms with E-state index in [9.17, 15) is 4.79 Å². The number of ether oxygens (including phenoxy) is 2. The zero-order valence-corrected chi connectivity index (χ0v) is 16.8. The fourth-order valence-corrected chi connectivity index (χ4v) is 3.35. The number of hydrogen-bond acceptors (Lipinski definition) is 5. The van der Waals surface area contributed by atoms with E-state index in [1.54, 1.807) is 37.2 Å². The standard InChI is InChI=1S/C24H19N3O3/c1-4-5-17-8-11-20(24(28)30-3)23-21(17)15-26-27(23)19-9-6-16(7-10-19)18-12-13-25-22(14-18)29-2/h6-15H,1-3H3. The SMILES string of the molecule is CC#Cc1ccc(C(=O)OC)c2c1cnn2-c1ccc(-c2ccnc(OC)c2)cc1. The van der Waals surface area contributed by atoms with Gasteiger partial charge in [0.25, 0.3) is 0 Å². The molecule has 0 saturated heterocycles. The van der Waals surface area contributed by atoms with Gasteiger partial charge in [0.2, 0.25) is 5.88 Å². The summed E-state index contributed by atoms with van der Waals surface area (Å²) in [4.78, 5) is 16.5. The largest absolute Gasteiger partial charge is 0.481 e. The lowest BCUT2D eigenvalue weighted by molar-refractivity contribution is 0.0602. The lowest BCUT2D eigenvalue weighted by Crippen LogP contribution is -2.06. The van der Waals surface area contributed by atoms with Gasteiger partial charge in [-0.15, -0.1) is 5.92 Å². The highest BCUT2D eigenvalue weighted by Crippen LogP contribution is 2.28. The van der Waals surface area contributed by atoms with Gasteiger partial charge in [-0.3, -0.25) is 0 Å². The van der Waals surface area contributed by atoms with Gasteiger partial charge in [0, 0.05) is 23.2 Å². The van der Waals surface area contributed by atoms with Crippen molar-refractivity contribution in [1.29, 1.82) is 0 Å². The molecule has 0 amide bonds. The van der Waals surface area contributed by atoms with Crippen LogP contribution in [0.2, 0.25) is 0 Å². The molecule has 6 nitrogen and oxygen atoms in total. The summed E-state index contributed by atoms with van der Waals surface area (Å²) in [7, 11) is 2.96. The van der Waals surface area contributed by atoms with Gasteiger partial charge in [-0.1, -0.05) is 18.1 Å². The number of esters is 1. The maximum atomic E-state index is 12.4. The van der Waals surface area contributed by atoms with Gasteiger partial charge in [0.1, 0.15) is 0 Å². The van der Waals surface area contributed by atoms with Crippen LogP contribution in [-0.2, 0) is 4.74 Å². The Morgan fingerprint density at radius 3 is 2.53 bits per heavy atom. The van der Waals surface area contributed by atoms with Crippen molar-refractivity contribution >= 4 is 16.9 Å². The Morgan fingerprint density at radius 2 is 1.83 bits per heavy atom. The molecule has 0 saturated carbocycles. The molecule has 0 fully saturated rings. The maximum absolute atomic E-state index is 12.4. The third-order valence-electron chi connectivity index (χ3n) is 4.79. The molecule has 148 valence electrons. The fraction of sp³-hybridized carbons (Fsp3) is 0.125. The second-order valence-corrected chi connectivity index (χ2v) is 6.48. The second-order valence-electron chi connectivity index (χ2n) is 6.48. The zero-order valence-electron chi connectivity index (χ0n) is 16.8.